The Bertz CT molecular complexity index is 910. The van der Waals surface area contributed by atoms with Crippen LogP contribution in [0.4, 0.5) is 34.9 Å². The van der Waals surface area contributed by atoms with E-state index in [1.807, 2.05) is 0 Å². The van der Waals surface area contributed by atoms with Crippen LogP contribution in [-0.4, -0.2) is 40.9 Å². The summed E-state index contributed by atoms with van der Waals surface area (Å²) in [4.78, 5) is 19.3. The van der Waals surface area contributed by atoms with Crippen molar-refractivity contribution in [3.63, 3.8) is 0 Å². The summed E-state index contributed by atoms with van der Waals surface area (Å²) in [5.74, 6) is -6.45. The number of aromatic nitrogens is 2. The van der Waals surface area contributed by atoms with Crippen LogP contribution >= 0.6 is 0 Å². The van der Waals surface area contributed by atoms with Crippen LogP contribution in [0.1, 0.15) is 29.6 Å². The Morgan fingerprint density at radius 1 is 1.24 bits per heavy atom. The normalized spacial score (nSPS) is 20.9. The summed E-state index contributed by atoms with van der Waals surface area (Å²) >= 11 is 0. The van der Waals surface area contributed by atoms with Gasteiger partial charge in [-0.05, 0) is 26.0 Å². The van der Waals surface area contributed by atoms with Gasteiger partial charge in [0.25, 0.3) is 11.8 Å². The molecule has 2 aromatic rings. The van der Waals surface area contributed by atoms with Crippen molar-refractivity contribution < 1.29 is 22.4 Å². The number of carbonyl (C=O) groups excluding carboxylic acids is 1. The van der Waals surface area contributed by atoms with Crippen molar-refractivity contribution in [2.75, 3.05) is 17.7 Å². The lowest BCUT2D eigenvalue weighted by molar-refractivity contribution is -0.0550. The Hall–Kier alpha value is -2.95. The van der Waals surface area contributed by atoms with Gasteiger partial charge in [0.15, 0.2) is 11.6 Å². The number of alkyl halides is 2. The summed E-state index contributed by atoms with van der Waals surface area (Å²) in [6.45, 7) is 0. The third-order valence-electron chi connectivity index (χ3n) is 4.75. The number of halogens is 4. The fraction of sp³-hybridized carbons (Fsp3) is 0.389. The van der Waals surface area contributed by atoms with Gasteiger partial charge < -0.3 is 21.7 Å². The topological polar surface area (TPSA) is 105 Å². The number of nitrogens with two attached hydrogens (primary N) is 1. The largest absolute Gasteiger partial charge is 0.365 e. The van der Waals surface area contributed by atoms with Crippen molar-refractivity contribution in [3.05, 3.63) is 41.7 Å². The maximum absolute atomic E-state index is 14.5. The first-order valence-corrected chi connectivity index (χ1v) is 8.91. The number of rotatable bonds is 6. The van der Waals surface area contributed by atoms with Crippen molar-refractivity contribution in [2.24, 2.45) is 5.73 Å². The number of primary amides is 1. The van der Waals surface area contributed by atoms with Crippen LogP contribution in [0.2, 0.25) is 0 Å². The zero-order valence-electron chi connectivity index (χ0n) is 15.5. The number of nitrogens with zero attached hydrogens (tertiary/aromatic N) is 2. The highest BCUT2D eigenvalue weighted by atomic mass is 19.3. The van der Waals surface area contributed by atoms with E-state index >= 15 is 0 Å². The molecule has 1 aliphatic rings. The van der Waals surface area contributed by atoms with Gasteiger partial charge in [0.1, 0.15) is 17.7 Å². The lowest BCUT2D eigenvalue weighted by Gasteiger charge is -2.38. The molecular weight excluding hydrogens is 392 g/mol. The minimum absolute atomic E-state index is 0.119. The zero-order valence-corrected chi connectivity index (χ0v) is 15.5. The second-order valence-electron chi connectivity index (χ2n) is 6.77. The number of likely N-dealkylation sites (N-methyl/N-ethyl adjacent to an activating group) is 1. The van der Waals surface area contributed by atoms with Gasteiger partial charge in [-0.1, -0.05) is 0 Å². The highest BCUT2D eigenvalue weighted by Gasteiger charge is 2.47. The second kappa shape index (κ2) is 8.19. The van der Waals surface area contributed by atoms with Gasteiger partial charge in [-0.3, -0.25) is 9.78 Å². The van der Waals surface area contributed by atoms with E-state index in [1.165, 1.54) is 6.20 Å². The van der Waals surface area contributed by atoms with Gasteiger partial charge in [0.05, 0.1) is 23.6 Å². The summed E-state index contributed by atoms with van der Waals surface area (Å²) in [5.41, 5.74) is 5.06. The highest BCUT2D eigenvalue weighted by Crippen LogP contribution is 2.36. The van der Waals surface area contributed by atoms with Crippen LogP contribution in [0.3, 0.4) is 0 Å². The van der Waals surface area contributed by atoms with Crippen LogP contribution in [0.25, 0.3) is 0 Å². The van der Waals surface area contributed by atoms with E-state index in [0.717, 1.165) is 18.3 Å². The zero-order chi connectivity index (χ0) is 21.2. The quantitative estimate of drug-likeness (QED) is 0.544. The van der Waals surface area contributed by atoms with Gasteiger partial charge in [-0.15, -0.1) is 0 Å². The number of amides is 1. The Balaban J connectivity index is 1.97. The van der Waals surface area contributed by atoms with Crippen LogP contribution < -0.4 is 21.7 Å². The smallest absolute Gasteiger partial charge is 0.269 e. The molecule has 0 aromatic carbocycles. The first-order chi connectivity index (χ1) is 13.7. The maximum Gasteiger partial charge on any atom is 0.269 e. The molecule has 0 bridgehead atoms. The number of anilines is 3. The minimum atomic E-state index is -3.09. The molecule has 5 N–H and O–H groups in total. The van der Waals surface area contributed by atoms with E-state index in [0.29, 0.717) is 12.8 Å². The molecule has 1 fully saturated rings. The lowest BCUT2D eigenvalue weighted by Crippen LogP contribution is -2.56. The molecule has 2 heterocycles. The Morgan fingerprint density at radius 2 is 2.00 bits per heavy atom. The molecule has 1 saturated carbocycles. The first-order valence-electron chi connectivity index (χ1n) is 8.91. The molecule has 1 aliphatic carbocycles. The molecule has 2 unspecified atom stereocenters. The number of hydrogen-bond acceptors (Lipinski definition) is 6. The summed E-state index contributed by atoms with van der Waals surface area (Å²) in [6, 6.07) is -0.157. The molecule has 0 aliphatic heterocycles. The Kier molecular flexibility index (Phi) is 5.87. The minimum Gasteiger partial charge on any atom is -0.365 e. The van der Waals surface area contributed by atoms with E-state index < -0.39 is 41.4 Å². The van der Waals surface area contributed by atoms with Gasteiger partial charge in [-0.2, -0.15) is 0 Å². The molecule has 2 atom stereocenters. The number of carbonyl (C=O) groups is 1. The summed E-state index contributed by atoms with van der Waals surface area (Å²) in [5, 5.41) is 7.89. The molecule has 0 saturated heterocycles. The average molecular weight is 412 g/mol. The van der Waals surface area contributed by atoms with Gasteiger partial charge in [-0.25, -0.2) is 22.5 Å². The van der Waals surface area contributed by atoms with Crippen molar-refractivity contribution >= 4 is 23.2 Å². The van der Waals surface area contributed by atoms with Gasteiger partial charge in [0.2, 0.25) is 0 Å². The maximum atomic E-state index is 14.5. The van der Waals surface area contributed by atoms with Crippen LogP contribution in [-0.2, 0) is 0 Å². The van der Waals surface area contributed by atoms with Crippen LogP contribution in [0, 0.1) is 11.6 Å². The summed E-state index contributed by atoms with van der Waals surface area (Å²) < 4.78 is 56.8. The first kappa shape index (κ1) is 20.8. The molecule has 2 aromatic heterocycles. The third-order valence-corrected chi connectivity index (χ3v) is 4.75. The summed E-state index contributed by atoms with van der Waals surface area (Å²) in [6.07, 6.45) is 2.67. The lowest BCUT2D eigenvalue weighted by atomic mass is 9.87. The van der Waals surface area contributed by atoms with Crippen molar-refractivity contribution in [1.29, 1.82) is 0 Å². The molecule has 1 amide bonds. The molecule has 0 spiro atoms. The second-order valence-corrected chi connectivity index (χ2v) is 6.77. The monoisotopic (exact) mass is 412 g/mol. The molecule has 3 rings (SSSR count). The van der Waals surface area contributed by atoms with Crippen molar-refractivity contribution in [3.8, 4) is 0 Å². The molecule has 156 valence electrons. The molecule has 29 heavy (non-hydrogen) atoms. The standard InChI is InChI=1S/C18H20F4N6O/c1-24-13-3-2-4-18(21,22)14(13)27-17-12(20)6-11(15(23)29)16(28-17)26-10-5-9(19)7-25-8-10/h5-8,13-14,24H,2-4H2,1H3,(H2,23,29)(H2,26,27,28). The third kappa shape index (κ3) is 4.56. The van der Waals surface area contributed by atoms with E-state index in [2.05, 4.69) is 25.9 Å². The fourth-order valence-electron chi connectivity index (χ4n) is 3.33. The predicted molar refractivity (Wildman–Crippen MR) is 99.2 cm³/mol. The van der Waals surface area contributed by atoms with Gasteiger partial charge >= 0.3 is 0 Å². The molecule has 7 nitrogen and oxygen atoms in total. The van der Waals surface area contributed by atoms with E-state index in [1.54, 1.807) is 7.05 Å². The Labute approximate surface area is 164 Å². The fourth-order valence-corrected chi connectivity index (χ4v) is 3.33. The van der Waals surface area contributed by atoms with Gasteiger partial charge in [0, 0.05) is 18.5 Å². The summed E-state index contributed by atoms with van der Waals surface area (Å²) in [7, 11) is 1.55. The molecule has 11 heteroatoms. The SMILES string of the molecule is CNC1CCCC(F)(F)C1Nc1nc(Nc2cncc(F)c2)c(C(N)=O)cc1F. The highest BCUT2D eigenvalue weighted by molar-refractivity contribution is 5.98. The van der Waals surface area contributed by atoms with Crippen LogP contribution in [0.5, 0.6) is 0 Å². The number of nitrogens with one attached hydrogen (secondary N) is 3. The Morgan fingerprint density at radius 3 is 2.66 bits per heavy atom. The molecule has 0 radical (unpaired) electrons. The van der Waals surface area contributed by atoms with Crippen molar-refractivity contribution in [1.82, 2.24) is 15.3 Å². The predicted octanol–water partition coefficient (Wildman–Crippen LogP) is 2.79. The number of hydrogen-bond donors (Lipinski definition) is 4. The van der Waals surface area contributed by atoms with Crippen LogP contribution in [0.15, 0.2) is 24.5 Å². The average Bonchev–Trinajstić information content (AvgIpc) is 2.65. The number of pyridine rings is 2. The van der Waals surface area contributed by atoms with E-state index in [4.69, 9.17) is 5.73 Å². The van der Waals surface area contributed by atoms with E-state index in [-0.39, 0.29) is 23.5 Å². The van der Waals surface area contributed by atoms with E-state index in [9.17, 15) is 22.4 Å². The molecular formula is C18H20F4N6O. The van der Waals surface area contributed by atoms with Crippen molar-refractivity contribution in [2.45, 2.75) is 37.3 Å².